The maximum absolute atomic E-state index is 13.1. The third-order valence-electron chi connectivity index (χ3n) is 4.48. The van der Waals surface area contributed by atoms with Crippen LogP contribution in [0, 0.1) is 5.82 Å². The molecule has 136 valence electrons. The second-order valence-electron chi connectivity index (χ2n) is 6.11. The summed E-state index contributed by atoms with van der Waals surface area (Å²) in [6.07, 6.45) is -1.06. The monoisotopic (exact) mass is 358 g/mol. The summed E-state index contributed by atoms with van der Waals surface area (Å²) in [5.41, 5.74) is 2.44. The average molecular weight is 358 g/mol. The third-order valence-corrected chi connectivity index (χ3v) is 4.48. The van der Waals surface area contributed by atoms with E-state index >= 15 is 0 Å². The minimum atomic E-state index is -1.34. The summed E-state index contributed by atoms with van der Waals surface area (Å²) in [5, 5.41) is 14.1. The molecule has 6 nitrogen and oxygen atoms in total. The number of benzene rings is 2. The fraction of sp³-hybridized carbons (Fsp3) is 0.263. The maximum Gasteiger partial charge on any atom is 0.405 e. The number of amides is 2. The third kappa shape index (κ3) is 3.67. The zero-order valence-electron chi connectivity index (χ0n) is 14.1. The van der Waals surface area contributed by atoms with Crippen molar-refractivity contribution in [3.63, 3.8) is 0 Å². The zero-order chi connectivity index (χ0) is 18.7. The Hall–Kier alpha value is -2.93. The van der Waals surface area contributed by atoms with Crippen LogP contribution in [-0.4, -0.2) is 30.3 Å². The second kappa shape index (κ2) is 7.53. The molecule has 0 saturated heterocycles. The molecule has 0 bridgehead atoms. The summed E-state index contributed by atoms with van der Waals surface area (Å²) in [4.78, 5) is 23.8. The number of fused-ring (bicyclic) bond motifs is 1. The van der Waals surface area contributed by atoms with Gasteiger partial charge in [0.15, 0.2) is 0 Å². The topological polar surface area (TPSA) is 87.7 Å². The van der Waals surface area contributed by atoms with E-state index < -0.39 is 23.9 Å². The van der Waals surface area contributed by atoms with E-state index in [-0.39, 0.29) is 12.1 Å². The van der Waals surface area contributed by atoms with Gasteiger partial charge in [0, 0.05) is 7.11 Å². The molecule has 0 fully saturated rings. The molecule has 2 unspecified atom stereocenters. The van der Waals surface area contributed by atoms with Crippen LogP contribution in [0.15, 0.2) is 48.5 Å². The number of methoxy groups -OCH3 is 1. The van der Waals surface area contributed by atoms with E-state index in [4.69, 9.17) is 9.84 Å². The lowest BCUT2D eigenvalue weighted by Crippen LogP contribution is -2.45. The SMILES string of the molecule is COC1c2ccccc2CC1NC(=O)[C@@H](NC(=O)O)c1ccc(F)cc1. The van der Waals surface area contributed by atoms with E-state index in [9.17, 15) is 14.0 Å². The minimum Gasteiger partial charge on any atom is -0.465 e. The van der Waals surface area contributed by atoms with Gasteiger partial charge in [-0.15, -0.1) is 0 Å². The van der Waals surface area contributed by atoms with E-state index in [1.807, 2.05) is 24.3 Å². The Morgan fingerprint density at radius 1 is 1.19 bits per heavy atom. The fourth-order valence-corrected chi connectivity index (χ4v) is 3.32. The lowest BCUT2D eigenvalue weighted by Gasteiger charge is -2.24. The number of hydrogen-bond acceptors (Lipinski definition) is 3. The van der Waals surface area contributed by atoms with Crippen molar-refractivity contribution in [2.45, 2.75) is 24.6 Å². The molecule has 0 radical (unpaired) electrons. The number of nitrogens with one attached hydrogen (secondary N) is 2. The van der Waals surface area contributed by atoms with Gasteiger partial charge in [-0.05, 0) is 35.2 Å². The van der Waals surface area contributed by atoms with Gasteiger partial charge in [-0.3, -0.25) is 4.79 Å². The molecule has 1 aliphatic rings. The first-order valence-corrected chi connectivity index (χ1v) is 8.15. The highest BCUT2D eigenvalue weighted by Crippen LogP contribution is 2.34. The Morgan fingerprint density at radius 3 is 2.54 bits per heavy atom. The maximum atomic E-state index is 13.1. The Labute approximate surface area is 150 Å². The summed E-state index contributed by atoms with van der Waals surface area (Å²) in [6.45, 7) is 0. The minimum absolute atomic E-state index is 0.311. The number of carboxylic acid groups (broad SMARTS) is 1. The molecule has 0 aliphatic heterocycles. The molecule has 3 N–H and O–H groups in total. The number of carbonyl (C=O) groups is 2. The summed E-state index contributed by atoms with van der Waals surface area (Å²) in [6, 6.07) is 11.4. The van der Waals surface area contributed by atoms with Gasteiger partial charge in [-0.25, -0.2) is 9.18 Å². The molecule has 2 amide bonds. The molecular formula is C19H19FN2O4. The van der Waals surface area contributed by atoms with Gasteiger partial charge < -0.3 is 20.5 Å². The smallest absolute Gasteiger partial charge is 0.405 e. The Morgan fingerprint density at radius 2 is 1.88 bits per heavy atom. The molecule has 0 aromatic heterocycles. The van der Waals surface area contributed by atoms with E-state index in [0.29, 0.717) is 12.0 Å². The first-order chi connectivity index (χ1) is 12.5. The highest BCUT2D eigenvalue weighted by molar-refractivity contribution is 5.86. The van der Waals surface area contributed by atoms with Crippen LogP contribution in [0.5, 0.6) is 0 Å². The van der Waals surface area contributed by atoms with Crippen molar-refractivity contribution in [2.75, 3.05) is 7.11 Å². The number of hydrogen-bond donors (Lipinski definition) is 3. The van der Waals surface area contributed by atoms with E-state index in [1.165, 1.54) is 24.3 Å². The fourth-order valence-electron chi connectivity index (χ4n) is 3.32. The Balaban J connectivity index is 1.80. The molecule has 2 aromatic rings. The van der Waals surface area contributed by atoms with Gasteiger partial charge in [0.1, 0.15) is 18.0 Å². The van der Waals surface area contributed by atoms with Gasteiger partial charge in [-0.2, -0.15) is 0 Å². The second-order valence-corrected chi connectivity index (χ2v) is 6.11. The van der Waals surface area contributed by atoms with Crippen LogP contribution in [0.1, 0.15) is 28.8 Å². The van der Waals surface area contributed by atoms with Crippen LogP contribution in [0.3, 0.4) is 0 Å². The highest BCUT2D eigenvalue weighted by Gasteiger charge is 2.35. The van der Waals surface area contributed by atoms with E-state index in [2.05, 4.69) is 10.6 Å². The van der Waals surface area contributed by atoms with Gasteiger partial charge in [-0.1, -0.05) is 36.4 Å². The van der Waals surface area contributed by atoms with Crippen molar-refractivity contribution in [1.82, 2.24) is 10.6 Å². The number of carbonyl (C=O) groups excluding carboxylic acids is 1. The summed E-state index contributed by atoms with van der Waals surface area (Å²) in [7, 11) is 1.57. The molecule has 3 atom stereocenters. The molecule has 3 rings (SSSR count). The summed E-state index contributed by atoms with van der Waals surface area (Å²) >= 11 is 0. The molecule has 26 heavy (non-hydrogen) atoms. The van der Waals surface area contributed by atoms with Gasteiger partial charge in [0.25, 0.3) is 0 Å². The lowest BCUT2D eigenvalue weighted by atomic mass is 10.0. The first kappa shape index (κ1) is 17.9. The number of halogens is 1. The Kier molecular flexibility index (Phi) is 5.18. The zero-order valence-corrected chi connectivity index (χ0v) is 14.1. The van der Waals surface area contributed by atoms with Crippen LogP contribution in [0.2, 0.25) is 0 Å². The predicted molar refractivity (Wildman–Crippen MR) is 92.1 cm³/mol. The van der Waals surface area contributed by atoms with Crippen LogP contribution in [-0.2, 0) is 16.0 Å². The molecule has 0 spiro atoms. The van der Waals surface area contributed by atoms with Crippen molar-refractivity contribution in [1.29, 1.82) is 0 Å². The van der Waals surface area contributed by atoms with Crippen molar-refractivity contribution in [2.24, 2.45) is 0 Å². The quantitative estimate of drug-likeness (QED) is 0.767. The van der Waals surface area contributed by atoms with Crippen LogP contribution in [0.4, 0.5) is 9.18 Å². The Bertz CT molecular complexity index is 809. The molecule has 7 heteroatoms. The number of ether oxygens (including phenoxy) is 1. The highest BCUT2D eigenvalue weighted by atomic mass is 19.1. The van der Waals surface area contributed by atoms with Crippen LogP contribution >= 0.6 is 0 Å². The van der Waals surface area contributed by atoms with Gasteiger partial charge in [0.05, 0.1) is 6.04 Å². The van der Waals surface area contributed by atoms with Crippen molar-refractivity contribution >= 4 is 12.0 Å². The molecular weight excluding hydrogens is 339 g/mol. The molecule has 1 aliphatic carbocycles. The van der Waals surface area contributed by atoms with Crippen LogP contribution in [0.25, 0.3) is 0 Å². The van der Waals surface area contributed by atoms with Crippen molar-refractivity contribution < 1.29 is 23.8 Å². The lowest BCUT2D eigenvalue weighted by molar-refractivity contribution is -0.124. The first-order valence-electron chi connectivity index (χ1n) is 8.15. The van der Waals surface area contributed by atoms with Gasteiger partial charge >= 0.3 is 6.09 Å². The molecule has 0 saturated carbocycles. The standard InChI is InChI=1S/C19H19FN2O4/c1-26-17-14-5-3-2-4-12(14)10-15(17)21-18(23)16(22-19(24)25)11-6-8-13(20)9-7-11/h2-9,15-17,22H,10H2,1H3,(H,21,23)(H,24,25)/t15?,16-,17?/m0/s1. The van der Waals surface area contributed by atoms with E-state index in [1.54, 1.807) is 7.11 Å². The largest absolute Gasteiger partial charge is 0.465 e. The summed E-state index contributed by atoms with van der Waals surface area (Å²) in [5.74, 6) is -0.979. The molecule has 0 heterocycles. The van der Waals surface area contributed by atoms with E-state index in [0.717, 1.165) is 11.1 Å². The normalized spacial score (nSPS) is 19.5. The predicted octanol–water partition coefficient (Wildman–Crippen LogP) is 2.56. The molecule has 2 aromatic carbocycles. The van der Waals surface area contributed by atoms with Crippen LogP contribution < -0.4 is 10.6 Å². The van der Waals surface area contributed by atoms with Crippen molar-refractivity contribution in [3.05, 3.63) is 71.0 Å². The number of rotatable bonds is 5. The average Bonchev–Trinajstić information content (AvgIpc) is 2.97. The van der Waals surface area contributed by atoms with Crippen molar-refractivity contribution in [3.8, 4) is 0 Å². The summed E-state index contributed by atoms with van der Waals surface area (Å²) < 4.78 is 18.7. The van der Waals surface area contributed by atoms with Gasteiger partial charge in [0.2, 0.25) is 5.91 Å².